The zero-order valence-electron chi connectivity index (χ0n) is 19.1. The van der Waals surface area contributed by atoms with Crippen LogP contribution >= 0.6 is 22.6 Å². The number of rotatable bonds is 3. The van der Waals surface area contributed by atoms with Crippen LogP contribution < -0.4 is 4.74 Å². The summed E-state index contributed by atoms with van der Waals surface area (Å²) in [5, 5.41) is 0. The van der Waals surface area contributed by atoms with Gasteiger partial charge in [0.15, 0.2) is 0 Å². The van der Waals surface area contributed by atoms with Crippen LogP contribution in [-0.4, -0.2) is 0 Å². The van der Waals surface area contributed by atoms with Crippen molar-refractivity contribution in [3.05, 3.63) is 56.2 Å². The molecule has 2 aromatic carbocycles. The Morgan fingerprint density at radius 2 is 1.43 bits per heavy atom. The highest BCUT2D eigenvalue weighted by Gasteiger charge is 2.49. The van der Waals surface area contributed by atoms with Crippen molar-refractivity contribution in [1.82, 2.24) is 0 Å². The van der Waals surface area contributed by atoms with E-state index in [0.717, 1.165) is 35.2 Å². The lowest BCUT2D eigenvalue weighted by Crippen LogP contribution is -2.43. The Kier molecular flexibility index (Phi) is 5.24. The largest absolute Gasteiger partial charge is 0.457 e. The average molecular weight is 514 g/mol. The molecule has 0 radical (unpaired) electrons. The van der Waals surface area contributed by atoms with Crippen molar-refractivity contribution in [1.29, 1.82) is 0 Å². The monoisotopic (exact) mass is 514 g/mol. The Labute approximate surface area is 196 Å². The Hall–Kier alpha value is -1.03. The molecule has 4 fully saturated rings. The molecule has 4 bridgehead atoms. The molecule has 0 spiro atoms. The van der Waals surface area contributed by atoms with Crippen molar-refractivity contribution in [3.63, 3.8) is 0 Å². The van der Waals surface area contributed by atoms with Crippen LogP contribution in [0.1, 0.15) is 81.0 Å². The summed E-state index contributed by atoms with van der Waals surface area (Å²) in [6.45, 7) is 11.3. The van der Waals surface area contributed by atoms with Crippen LogP contribution in [0.5, 0.6) is 11.5 Å². The summed E-state index contributed by atoms with van der Waals surface area (Å²) >= 11 is 2.43. The minimum absolute atomic E-state index is 0.154. The number of ether oxygens (including phenoxy) is 1. The molecule has 0 amide bonds. The molecule has 0 heterocycles. The molecule has 4 saturated carbocycles. The molecule has 30 heavy (non-hydrogen) atoms. The van der Waals surface area contributed by atoms with E-state index >= 15 is 0 Å². The minimum atomic E-state index is 0.154. The predicted molar refractivity (Wildman–Crippen MR) is 134 cm³/mol. The molecule has 160 valence electrons. The van der Waals surface area contributed by atoms with Crippen molar-refractivity contribution in [2.45, 2.75) is 78.1 Å². The van der Waals surface area contributed by atoms with E-state index in [1.807, 2.05) is 0 Å². The van der Waals surface area contributed by atoms with E-state index in [2.05, 4.69) is 87.5 Å². The molecule has 0 saturated heterocycles. The quantitative estimate of drug-likeness (QED) is 0.373. The summed E-state index contributed by atoms with van der Waals surface area (Å²) in [5.41, 5.74) is 5.68. The predicted octanol–water partition coefficient (Wildman–Crippen LogP) is 8.54. The van der Waals surface area contributed by atoms with Gasteiger partial charge in [0, 0.05) is 3.57 Å². The van der Waals surface area contributed by atoms with Crippen LogP contribution in [0.25, 0.3) is 0 Å². The SMILES string of the molecule is Cc1c(Oc2cc(I)ccc2C2C3CC4CC(C3)CC2C4)ccc(C(C)(C)C)c1C. The number of benzene rings is 2. The van der Waals surface area contributed by atoms with Crippen molar-refractivity contribution < 1.29 is 4.74 Å². The summed E-state index contributed by atoms with van der Waals surface area (Å²) in [5.74, 6) is 6.57. The second kappa shape index (κ2) is 7.53. The zero-order valence-corrected chi connectivity index (χ0v) is 21.3. The topological polar surface area (TPSA) is 9.23 Å². The van der Waals surface area contributed by atoms with Gasteiger partial charge in [-0.05, 0) is 144 Å². The van der Waals surface area contributed by atoms with E-state index in [9.17, 15) is 0 Å². The summed E-state index contributed by atoms with van der Waals surface area (Å²) < 4.78 is 7.98. The lowest BCUT2D eigenvalue weighted by molar-refractivity contribution is -0.00336. The van der Waals surface area contributed by atoms with E-state index in [1.165, 1.54) is 57.9 Å². The average Bonchev–Trinajstić information content (AvgIpc) is 2.65. The van der Waals surface area contributed by atoms with Gasteiger partial charge in [0.2, 0.25) is 0 Å². The van der Waals surface area contributed by atoms with Crippen molar-refractivity contribution in [2.24, 2.45) is 23.7 Å². The van der Waals surface area contributed by atoms with Crippen molar-refractivity contribution >= 4 is 22.6 Å². The fourth-order valence-electron chi connectivity index (χ4n) is 7.14. The highest BCUT2D eigenvalue weighted by atomic mass is 127. The number of halogens is 1. The van der Waals surface area contributed by atoms with Crippen LogP contribution in [0.3, 0.4) is 0 Å². The third-order valence-electron chi connectivity index (χ3n) is 8.33. The Morgan fingerprint density at radius 3 is 2.03 bits per heavy atom. The van der Waals surface area contributed by atoms with E-state index in [1.54, 1.807) is 0 Å². The van der Waals surface area contributed by atoms with Gasteiger partial charge < -0.3 is 4.74 Å². The van der Waals surface area contributed by atoms with Gasteiger partial charge >= 0.3 is 0 Å². The van der Waals surface area contributed by atoms with E-state index in [4.69, 9.17) is 4.74 Å². The molecule has 2 heteroatoms. The van der Waals surface area contributed by atoms with E-state index in [0.29, 0.717) is 5.92 Å². The normalized spacial score (nSPS) is 30.0. The first-order chi connectivity index (χ1) is 14.2. The van der Waals surface area contributed by atoms with Crippen LogP contribution in [-0.2, 0) is 5.41 Å². The third-order valence-corrected chi connectivity index (χ3v) is 9.00. The molecule has 6 rings (SSSR count). The number of hydrogen-bond acceptors (Lipinski definition) is 1. The maximum Gasteiger partial charge on any atom is 0.131 e. The summed E-state index contributed by atoms with van der Waals surface area (Å²) in [4.78, 5) is 0. The van der Waals surface area contributed by atoms with Gasteiger partial charge in [-0.3, -0.25) is 0 Å². The van der Waals surface area contributed by atoms with Gasteiger partial charge in [-0.2, -0.15) is 0 Å². The molecule has 1 nitrogen and oxygen atoms in total. The second-order valence-corrected chi connectivity index (χ2v) is 12.6. The molecule has 0 unspecified atom stereocenters. The lowest BCUT2D eigenvalue weighted by Gasteiger charge is -2.54. The van der Waals surface area contributed by atoms with Crippen molar-refractivity contribution in [3.8, 4) is 11.5 Å². The molecule has 2 aromatic rings. The lowest BCUT2D eigenvalue weighted by atomic mass is 9.50. The van der Waals surface area contributed by atoms with E-state index < -0.39 is 0 Å². The van der Waals surface area contributed by atoms with Crippen LogP contribution in [0.2, 0.25) is 0 Å². The summed E-state index contributed by atoms with van der Waals surface area (Å²) in [7, 11) is 0. The molecule has 0 aromatic heterocycles. The second-order valence-electron chi connectivity index (χ2n) is 11.4. The van der Waals surface area contributed by atoms with E-state index in [-0.39, 0.29) is 5.41 Å². The fraction of sp³-hybridized carbons (Fsp3) is 0.571. The van der Waals surface area contributed by atoms with Gasteiger partial charge in [0.05, 0.1) is 0 Å². The molecular weight excluding hydrogens is 479 g/mol. The molecule has 4 aliphatic rings. The Morgan fingerprint density at radius 1 is 0.800 bits per heavy atom. The van der Waals surface area contributed by atoms with Gasteiger partial charge in [0.1, 0.15) is 11.5 Å². The zero-order chi connectivity index (χ0) is 21.2. The standard InChI is InChI=1S/C28H35IO/c1-16-17(2)25(9-8-24(16)28(3,4)5)30-26-15-22(29)6-7-23(26)27-20-11-18-10-19(13-20)14-21(27)12-18/h6-9,15,18-21,27H,10-14H2,1-5H3. The first-order valence-electron chi connectivity index (χ1n) is 11.8. The van der Waals surface area contributed by atoms with Gasteiger partial charge in [-0.15, -0.1) is 0 Å². The van der Waals surface area contributed by atoms with Gasteiger partial charge in [-0.25, -0.2) is 0 Å². The third kappa shape index (κ3) is 3.61. The van der Waals surface area contributed by atoms with Crippen LogP contribution in [0.15, 0.2) is 30.3 Å². The molecular formula is C28H35IO. The Balaban J connectivity index is 1.51. The molecule has 0 aliphatic heterocycles. The minimum Gasteiger partial charge on any atom is -0.457 e. The maximum absolute atomic E-state index is 6.72. The first kappa shape index (κ1) is 20.8. The Bertz CT molecular complexity index is 939. The van der Waals surface area contributed by atoms with Gasteiger partial charge in [-0.1, -0.05) is 32.9 Å². The summed E-state index contributed by atoms with van der Waals surface area (Å²) in [6, 6.07) is 11.4. The van der Waals surface area contributed by atoms with Crippen LogP contribution in [0.4, 0.5) is 0 Å². The number of hydrogen-bond donors (Lipinski definition) is 0. The highest BCUT2D eigenvalue weighted by molar-refractivity contribution is 14.1. The first-order valence-corrected chi connectivity index (χ1v) is 12.9. The highest BCUT2D eigenvalue weighted by Crippen LogP contribution is 2.61. The fourth-order valence-corrected chi connectivity index (χ4v) is 7.60. The molecule has 0 atom stereocenters. The smallest absolute Gasteiger partial charge is 0.131 e. The van der Waals surface area contributed by atoms with Crippen molar-refractivity contribution in [2.75, 3.05) is 0 Å². The molecule has 0 N–H and O–H groups in total. The molecule has 4 aliphatic carbocycles. The van der Waals surface area contributed by atoms with Gasteiger partial charge in [0.25, 0.3) is 0 Å². The van der Waals surface area contributed by atoms with Crippen LogP contribution in [0, 0.1) is 41.1 Å². The summed E-state index contributed by atoms with van der Waals surface area (Å²) in [6.07, 6.45) is 7.29. The maximum atomic E-state index is 6.72.